The van der Waals surface area contributed by atoms with Crippen LogP contribution < -0.4 is 5.73 Å². The molecule has 0 rings (SSSR count). The molecule has 0 aromatic rings. The Bertz CT molecular complexity index is 181. The maximum atomic E-state index is 11.3. The van der Waals surface area contributed by atoms with Gasteiger partial charge in [-0.15, -0.1) is 0 Å². The fourth-order valence-electron chi connectivity index (χ4n) is 2.07. The third kappa shape index (κ3) is 4.18. The van der Waals surface area contributed by atoms with Crippen LogP contribution >= 0.6 is 0 Å². The first-order valence-corrected chi connectivity index (χ1v) is 5.78. The second-order valence-electron chi connectivity index (χ2n) is 3.76. The highest BCUT2D eigenvalue weighted by Crippen LogP contribution is 2.14. The highest BCUT2D eigenvalue weighted by Gasteiger charge is 2.26. The van der Waals surface area contributed by atoms with Crippen molar-refractivity contribution in [1.82, 2.24) is 4.90 Å². The second-order valence-corrected chi connectivity index (χ2v) is 3.76. The van der Waals surface area contributed by atoms with E-state index in [1.807, 2.05) is 11.8 Å². The Balaban J connectivity index is 4.65. The first-order chi connectivity index (χ1) is 7.12. The number of nitrogens with zero attached hydrogens (tertiary/aromatic N) is 1. The van der Waals surface area contributed by atoms with Crippen LogP contribution in [0.3, 0.4) is 0 Å². The van der Waals surface area contributed by atoms with Crippen molar-refractivity contribution in [2.45, 2.75) is 52.1 Å². The van der Waals surface area contributed by atoms with E-state index in [0.717, 1.165) is 12.8 Å². The van der Waals surface area contributed by atoms with Crippen molar-refractivity contribution < 1.29 is 9.90 Å². The molecule has 0 bridgehead atoms. The molecule has 0 heterocycles. The number of hydrogen-bond acceptors (Lipinski definition) is 3. The summed E-state index contributed by atoms with van der Waals surface area (Å²) in [5.74, 6) is -0.294. The van der Waals surface area contributed by atoms with Crippen LogP contribution in [0.5, 0.6) is 0 Å². The van der Waals surface area contributed by atoms with E-state index in [2.05, 4.69) is 13.8 Å². The molecule has 0 aromatic heterocycles. The number of carbonyl (C=O) groups excluding carboxylic acids is 1. The molecule has 0 radical (unpaired) electrons. The van der Waals surface area contributed by atoms with Gasteiger partial charge in [0.15, 0.2) is 0 Å². The van der Waals surface area contributed by atoms with Crippen molar-refractivity contribution in [1.29, 1.82) is 0 Å². The van der Waals surface area contributed by atoms with E-state index in [0.29, 0.717) is 19.0 Å². The Kier molecular flexibility index (Phi) is 7.34. The Morgan fingerprint density at radius 1 is 1.27 bits per heavy atom. The van der Waals surface area contributed by atoms with Crippen LogP contribution in [0, 0.1) is 0 Å². The zero-order valence-corrected chi connectivity index (χ0v) is 10.1. The maximum Gasteiger partial charge on any atom is 0.234 e. The molecular formula is C11H24N2O2. The Labute approximate surface area is 92.4 Å². The molecule has 1 unspecified atom stereocenters. The molecule has 90 valence electrons. The molecule has 0 spiro atoms. The van der Waals surface area contributed by atoms with Crippen LogP contribution in [0.4, 0.5) is 0 Å². The number of amides is 1. The largest absolute Gasteiger partial charge is 0.395 e. The van der Waals surface area contributed by atoms with Crippen LogP contribution in [-0.4, -0.2) is 41.1 Å². The van der Waals surface area contributed by atoms with Gasteiger partial charge in [0.1, 0.15) is 0 Å². The van der Waals surface area contributed by atoms with Gasteiger partial charge in [-0.1, -0.05) is 20.8 Å². The lowest BCUT2D eigenvalue weighted by atomic mass is 10.1. The third-order valence-corrected chi connectivity index (χ3v) is 2.89. The Morgan fingerprint density at radius 2 is 1.80 bits per heavy atom. The maximum absolute atomic E-state index is 11.3. The average molecular weight is 216 g/mol. The molecule has 0 aliphatic rings. The molecule has 15 heavy (non-hydrogen) atoms. The van der Waals surface area contributed by atoms with Gasteiger partial charge in [-0.25, -0.2) is 0 Å². The lowest BCUT2D eigenvalue weighted by Crippen LogP contribution is -2.50. The third-order valence-electron chi connectivity index (χ3n) is 2.89. The van der Waals surface area contributed by atoms with Crippen molar-refractivity contribution in [3.05, 3.63) is 0 Å². The monoisotopic (exact) mass is 216 g/mol. The van der Waals surface area contributed by atoms with Crippen LogP contribution in [0.1, 0.15) is 40.0 Å². The molecule has 0 aliphatic heterocycles. The molecule has 4 nitrogen and oxygen atoms in total. The van der Waals surface area contributed by atoms with E-state index in [-0.39, 0.29) is 18.6 Å². The standard InChI is InChI=1S/C11H24N2O2/c1-4-9(5-2)13(7-8-14)10(6-3)11(12)15/h9-10,14H,4-8H2,1-3H3,(H2,12,15). The van der Waals surface area contributed by atoms with Crippen molar-refractivity contribution in [3.8, 4) is 0 Å². The van der Waals surface area contributed by atoms with Gasteiger partial charge >= 0.3 is 0 Å². The summed E-state index contributed by atoms with van der Waals surface area (Å²) < 4.78 is 0. The van der Waals surface area contributed by atoms with Gasteiger partial charge in [0.25, 0.3) is 0 Å². The quantitative estimate of drug-likeness (QED) is 0.628. The van der Waals surface area contributed by atoms with Gasteiger partial charge in [-0.3, -0.25) is 9.69 Å². The van der Waals surface area contributed by atoms with Crippen LogP contribution in [-0.2, 0) is 4.79 Å². The van der Waals surface area contributed by atoms with Gasteiger partial charge in [0.05, 0.1) is 12.6 Å². The summed E-state index contributed by atoms with van der Waals surface area (Å²) >= 11 is 0. The van der Waals surface area contributed by atoms with E-state index in [1.165, 1.54) is 0 Å². The minimum absolute atomic E-state index is 0.0697. The van der Waals surface area contributed by atoms with Gasteiger partial charge in [0.2, 0.25) is 5.91 Å². The number of aliphatic hydroxyl groups excluding tert-OH is 1. The fourth-order valence-corrected chi connectivity index (χ4v) is 2.07. The predicted molar refractivity (Wildman–Crippen MR) is 61.4 cm³/mol. The Morgan fingerprint density at radius 3 is 2.07 bits per heavy atom. The number of hydrogen-bond donors (Lipinski definition) is 2. The van der Waals surface area contributed by atoms with E-state index in [4.69, 9.17) is 10.8 Å². The van der Waals surface area contributed by atoms with E-state index < -0.39 is 0 Å². The molecule has 1 amide bonds. The highest BCUT2D eigenvalue weighted by atomic mass is 16.3. The normalized spacial score (nSPS) is 13.5. The summed E-state index contributed by atoms with van der Waals surface area (Å²) in [6, 6.07) is 0.0802. The Hall–Kier alpha value is -0.610. The number of rotatable bonds is 8. The van der Waals surface area contributed by atoms with Crippen molar-refractivity contribution >= 4 is 5.91 Å². The van der Waals surface area contributed by atoms with E-state index >= 15 is 0 Å². The van der Waals surface area contributed by atoms with Crippen molar-refractivity contribution in [2.75, 3.05) is 13.2 Å². The number of primary amides is 1. The highest BCUT2D eigenvalue weighted by molar-refractivity contribution is 5.79. The molecule has 3 N–H and O–H groups in total. The summed E-state index contributed by atoms with van der Waals surface area (Å²) in [5.41, 5.74) is 5.36. The van der Waals surface area contributed by atoms with E-state index in [1.54, 1.807) is 0 Å². The minimum atomic E-state index is -0.294. The summed E-state index contributed by atoms with van der Waals surface area (Å²) in [5, 5.41) is 9.01. The van der Waals surface area contributed by atoms with Crippen LogP contribution in [0.15, 0.2) is 0 Å². The average Bonchev–Trinajstić information content (AvgIpc) is 2.20. The second kappa shape index (κ2) is 7.65. The van der Waals surface area contributed by atoms with Gasteiger partial charge in [0, 0.05) is 12.6 Å². The molecule has 0 aliphatic carbocycles. The molecule has 0 aromatic carbocycles. The van der Waals surface area contributed by atoms with Crippen LogP contribution in [0.2, 0.25) is 0 Å². The summed E-state index contributed by atoms with van der Waals surface area (Å²) in [7, 11) is 0. The fraction of sp³-hybridized carbons (Fsp3) is 0.909. The lowest BCUT2D eigenvalue weighted by Gasteiger charge is -2.34. The van der Waals surface area contributed by atoms with E-state index in [9.17, 15) is 4.79 Å². The number of carbonyl (C=O) groups is 1. The van der Waals surface area contributed by atoms with Crippen LogP contribution in [0.25, 0.3) is 0 Å². The molecule has 0 saturated carbocycles. The van der Waals surface area contributed by atoms with Gasteiger partial charge in [-0.2, -0.15) is 0 Å². The van der Waals surface area contributed by atoms with Gasteiger partial charge < -0.3 is 10.8 Å². The number of aliphatic hydroxyl groups is 1. The SMILES string of the molecule is CCC(CC)N(CCO)C(CC)C(N)=O. The lowest BCUT2D eigenvalue weighted by molar-refractivity contribution is -0.124. The molecule has 4 heteroatoms. The molecule has 0 fully saturated rings. The first kappa shape index (κ1) is 14.4. The molecule has 0 saturated heterocycles. The summed E-state index contributed by atoms with van der Waals surface area (Å²) in [6.45, 7) is 6.72. The van der Waals surface area contributed by atoms with Crippen molar-refractivity contribution in [2.24, 2.45) is 5.73 Å². The van der Waals surface area contributed by atoms with Gasteiger partial charge in [-0.05, 0) is 19.3 Å². The summed E-state index contributed by atoms with van der Waals surface area (Å²) in [4.78, 5) is 13.3. The smallest absolute Gasteiger partial charge is 0.234 e. The van der Waals surface area contributed by atoms with Crippen molar-refractivity contribution in [3.63, 3.8) is 0 Å². The first-order valence-electron chi connectivity index (χ1n) is 5.78. The number of nitrogens with two attached hydrogens (primary N) is 1. The minimum Gasteiger partial charge on any atom is -0.395 e. The summed E-state index contributed by atoms with van der Waals surface area (Å²) in [6.07, 6.45) is 2.65. The molecular weight excluding hydrogens is 192 g/mol. The predicted octanol–water partition coefficient (Wildman–Crippen LogP) is 0.733. The zero-order valence-electron chi connectivity index (χ0n) is 10.1. The molecule has 1 atom stereocenters. The zero-order chi connectivity index (χ0) is 11.8. The topological polar surface area (TPSA) is 66.6 Å².